The highest BCUT2D eigenvalue weighted by atomic mass is 15.1. The van der Waals surface area contributed by atoms with Crippen molar-refractivity contribution in [2.24, 2.45) is 0 Å². The van der Waals surface area contributed by atoms with Gasteiger partial charge in [0.05, 0.1) is 22.4 Å². The lowest BCUT2D eigenvalue weighted by atomic mass is 10.0. The summed E-state index contributed by atoms with van der Waals surface area (Å²) >= 11 is 0. The fourth-order valence-corrected chi connectivity index (χ4v) is 4.18. The van der Waals surface area contributed by atoms with Crippen LogP contribution in [-0.4, -0.2) is 9.55 Å². The first-order valence-corrected chi connectivity index (χ1v) is 11.0. The Bertz CT molecular complexity index is 1410. The Balaban J connectivity index is 1.61. The average molecular weight is 418 g/mol. The van der Waals surface area contributed by atoms with Gasteiger partial charge < -0.3 is 5.32 Å². The summed E-state index contributed by atoms with van der Waals surface area (Å²) in [6, 6.07) is 27.6. The van der Waals surface area contributed by atoms with Gasteiger partial charge in [-0.2, -0.15) is 0 Å². The maximum Gasteiger partial charge on any atom is 0.157 e. The molecule has 1 aromatic heterocycles. The van der Waals surface area contributed by atoms with E-state index >= 15 is 0 Å². The molecule has 0 amide bonds. The number of fused-ring (bicyclic) bond motifs is 1. The summed E-state index contributed by atoms with van der Waals surface area (Å²) in [4.78, 5) is 5.06. The molecule has 3 heteroatoms. The van der Waals surface area contributed by atoms with Crippen molar-refractivity contribution in [3.05, 3.63) is 123 Å². The van der Waals surface area contributed by atoms with Crippen LogP contribution < -0.4 is 16.1 Å². The van der Waals surface area contributed by atoms with E-state index in [1.165, 1.54) is 22.3 Å². The Morgan fingerprint density at radius 2 is 1.53 bits per heavy atom. The highest BCUT2D eigenvalue weighted by molar-refractivity contribution is 5.80. The third-order valence-corrected chi connectivity index (χ3v) is 6.16. The van der Waals surface area contributed by atoms with Crippen LogP contribution in [0.25, 0.3) is 24.2 Å². The van der Waals surface area contributed by atoms with Gasteiger partial charge in [0.15, 0.2) is 5.48 Å². The van der Waals surface area contributed by atoms with E-state index in [9.17, 15) is 0 Å². The summed E-state index contributed by atoms with van der Waals surface area (Å²) in [5.41, 5.74) is 10.4. The first kappa shape index (κ1) is 20.1. The lowest BCUT2D eigenvalue weighted by molar-refractivity contribution is 0.944. The minimum Gasteiger partial charge on any atom is -0.354 e. The number of rotatable bonds is 5. The Morgan fingerprint density at radius 1 is 0.812 bits per heavy atom. The van der Waals surface area contributed by atoms with E-state index in [-0.39, 0.29) is 0 Å². The van der Waals surface area contributed by atoms with E-state index in [1.807, 2.05) is 6.07 Å². The maximum atomic E-state index is 5.06. The number of hydrogen-bond donors (Lipinski definition) is 1. The number of aromatic nitrogens is 2. The molecule has 1 aliphatic heterocycles. The molecule has 3 nitrogen and oxygen atoms in total. The van der Waals surface area contributed by atoms with Gasteiger partial charge in [-0.3, -0.25) is 4.57 Å². The molecule has 5 rings (SSSR count). The van der Waals surface area contributed by atoms with E-state index in [4.69, 9.17) is 4.98 Å². The van der Waals surface area contributed by atoms with Gasteiger partial charge in [-0.15, -0.1) is 0 Å². The third-order valence-electron chi connectivity index (χ3n) is 6.16. The van der Waals surface area contributed by atoms with Gasteiger partial charge in [0.2, 0.25) is 0 Å². The van der Waals surface area contributed by atoms with E-state index in [1.54, 1.807) is 0 Å². The lowest BCUT2D eigenvalue weighted by Gasteiger charge is -2.19. The van der Waals surface area contributed by atoms with Crippen molar-refractivity contribution in [2.45, 2.75) is 26.7 Å². The fraction of sp³-hybridized carbons (Fsp3) is 0.138. The average Bonchev–Trinajstić information content (AvgIpc) is 3.13. The van der Waals surface area contributed by atoms with Crippen molar-refractivity contribution < 1.29 is 0 Å². The van der Waals surface area contributed by atoms with Gasteiger partial charge in [0, 0.05) is 19.0 Å². The number of nitrogens with zero attached hydrogens (tertiary/aromatic N) is 2. The summed E-state index contributed by atoms with van der Waals surface area (Å²) in [6.45, 7) is 8.72. The molecule has 3 aromatic carbocycles. The number of aryl methyl sites for hydroxylation is 2. The molecule has 0 fully saturated rings. The second-order valence-electron chi connectivity index (χ2n) is 8.47. The Hall–Kier alpha value is -3.85. The number of imidazole rings is 1. The van der Waals surface area contributed by atoms with E-state index in [0.717, 1.165) is 46.3 Å². The molecule has 0 saturated heterocycles. The smallest absolute Gasteiger partial charge is 0.157 e. The molecular formula is C29H27N3. The summed E-state index contributed by atoms with van der Waals surface area (Å²) < 4.78 is 2.15. The second-order valence-corrected chi connectivity index (χ2v) is 8.47. The molecule has 1 N–H and O–H groups in total. The highest BCUT2D eigenvalue weighted by Gasteiger charge is 2.17. The molecule has 158 valence electrons. The molecule has 1 aliphatic rings. The van der Waals surface area contributed by atoms with Crippen LogP contribution in [0.2, 0.25) is 0 Å². The summed E-state index contributed by atoms with van der Waals surface area (Å²) in [7, 11) is 0. The predicted octanol–water partition coefficient (Wildman–Crippen LogP) is 4.41. The molecule has 0 spiro atoms. The Morgan fingerprint density at radius 3 is 2.25 bits per heavy atom. The number of nitrogens with one attached hydrogen (secondary N) is 1. The SMILES string of the molecule is C=c1c(Cc2ccc(C)c(C)c2)nc2n1C=C(c1ccccc1)NC=2Cc1ccccc1. The number of benzene rings is 3. The zero-order chi connectivity index (χ0) is 22.1. The normalized spacial score (nSPS) is 12.8. The fourth-order valence-electron chi connectivity index (χ4n) is 4.18. The van der Waals surface area contributed by atoms with Gasteiger partial charge in [-0.1, -0.05) is 85.4 Å². The van der Waals surface area contributed by atoms with Gasteiger partial charge in [0.25, 0.3) is 0 Å². The first-order chi connectivity index (χ1) is 15.6. The molecule has 0 atom stereocenters. The summed E-state index contributed by atoms with van der Waals surface area (Å²) in [5.74, 6) is 0. The van der Waals surface area contributed by atoms with Gasteiger partial charge in [-0.25, -0.2) is 4.98 Å². The predicted molar refractivity (Wildman–Crippen MR) is 133 cm³/mol. The molecule has 32 heavy (non-hydrogen) atoms. The molecule has 4 aromatic rings. The molecule has 0 bridgehead atoms. The summed E-state index contributed by atoms with van der Waals surface area (Å²) in [5, 5.41) is 4.61. The molecule has 0 aliphatic carbocycles. The van der Waals surface area contributed by atoms with Crippen molar-refractivity contribution in [1.82, 2.24) is 14.9 Å². The van der Waals surface area contributed by atoms with Crippen LogP contribution in [0.4, 0.5) is 0 Å². The van der Waals surface area contributed by atoms with Gasteiger partial charge >= 0.3 is 0 Å². The largest absolute Gasteiger partial charge is 0.354 e. The standard InChI is InChI=1S/C29H27N3/c1-20-14-15-24(16-21(20)2)18-26-22(3)32-19-28(25-12-8-5-9-13-25)30-27(29(32)31-26)17-23-10-6-4-7-11-23/h4-16,19,30H,3,17-18H2,1-2H3. The lowest BCUT2D eigenvalue weighted by Crippen LogP contribution is -2.35. The van der Waals surface area contributed by atoms with E-state index in [2.05, 4.69) is 109 Å². The van der Waals surface area contributed by atoms with Crippen molar-refractivity contribution in [3.8, 4) is 0 Å². The molecular weight excluding hydrogens is 390 g/mol. The Kier molecular flexibility index (Phi) is 5.24. The molecule has 0 radical (unpaired) electrons. The van der Waals surface area contributed by atoms with Crippen LogP contribution in [0.3, 0.4) is 0 Å². The van der Waals surface area contributed by atoms with Crippen molar-refractivity contribution in [2.75, 3.05) is 0 Å². The van der Waals surface area contributed by atoms with Gasteiger partial charge in [-0.05, 0) is 41.7 Å². The van der Waals surface area contributed by atoms with Crippen LogP contribution in [0.15, 0.2) is 78.9 Å². The molecule has 2 heterocycles. The highest BCUT2D eigenvalue weighted by Crippen LogP contribution is 2.18. The van der Waals surface area contributed by atoms with Crippen molar-refractivity contribution >= 4 is 24.2 Å². The summed E-state index contributed by atoms with van der Waals surface area (Å²) in [6.07, 6.45) is 3.68. The molecule has 0 saturated carbocycles. The first-order valence-electron chi connectivity index (χ1n) is 11.0. The number of hydrogen-bond acceptors (Lipinski definition) is 2. The van der Waals surface area contributed by atoms with Crippen molar-refractivity contribution in [3.63, 3.8) is 0 Å². The quantitative estimate of drug-likeness (QED) is 0.521. The van der Waals surface area contributed by atoms with Crippen LogP contribution in [0.1, 0.15) is 33.5 Å². The second kappa shape index (κ2) is 8.35. The monoisotopic (exact) mass is 417 g/mol. The van der Waals surface area contributed by atoms with E-state index in [0.29, 0.717) is 0 Å². The van der Waals surface area contributed by atoms with E-state index < -0.39 is 0 Å². The minimum absolute atomic E-state index is 0.771. The zero-order valence-corrected chi connectivity index (χ0v) is 18.6. The van der Waals surface area contributed by atoms with Crippen LogP contribution >= 0.6 is 0 Å². The Labute approximate surface area is 189 Å². The topological polar surface area (TPSA) is 29.9 Å². The zero-order valence-electron chi connectivity index (χ0n) is 18.6. The van der Waals surface area contributed by atoms with Crippen LogP contribution in [-0.2, 0) is 12.8 Å². The van der Waals surface area contributed by atoms with Crippen molar-refractivity contribution in [1.29, 1.82) is 0 Å². The van der Waals surface area contributed by atoms with Crippen LogP contribution in [0, 0.1) is 13.8 Å². The van der Waals surface area contributed by atoms with Crippen LogP contribution in [0.5, 0.6) is 0 Å². The minimum atomic E-state index is 0.771. The third kappa shape index (κ3) is 3.90. The maximum absolute atomic E-state index is 5.06. The molecule has 0 unspecified atom stereocenters. The van der Waals surface area contributed by atoms with Gasteiger partial charge in [0.1, 0.15) is 0 Å².